The fourth-order valence-electron chi connectivity index (χ4n) is 2.27. The van der Waals surface area contributed by atoms with Crippen LogP contribution in [0.1, 0.15) is 22.8 Å². The molecule has 0 fully saturated rings. The van der Waals surface area contributed by atoms with Crippen LogP contribution in [-0.4, -0.2) is 31.2 Å². The number of ketones is 1. The Hall–Kier alpha value is -2.18. The maximum atomic E-state index is 12.6. The Morgan fingerprint density at radius 1 is 1.17 bits per heavy atom. The Balaban J connectivity index is 1.82. The standard InChI is InChI=1S/C17H15ClN4OS/c1-11-5-3-4-6-15(11)22-17(19-20-21-22)24-12(2)16(23)13-7-9-14(18)10-8-13/h3-10,12H,1-2H3/t12-/m1/s1. The van der Waals surface area contributed by atoms with Gasteiger partial charge in [-0.25, -0.2) is 0 Å². The van der Waals surface area contributed by atoms with Crippen LogP contribution in [0.15, 0.2) is 53.7 Å². The van der Waals surface area contributed by atoms with Gasteiger partial charge in [-0.3, -0.25) is 4.79 Å². The lowest BCUT2D eigenvalue weighted by Crippen LogP contribution is -2.14. The molecule has 122 valence electrons. The predicted molar refractivity (Wildman–Crippen MR) is 95.0 cm³/mol. The molecule has 3 aromatic rings. The zero-order chi connectivity index (χ0) is 17.1. The van der Waals surface area contributed by atoms with E-state index in [1.807, 2.05) is 38.1 Å². The quantitative estimate of drug-likeness (QED) is 0.510. The summed E-state index contributed by atoms with van der Waals surface area (Å²) in [4.78, 5) is 12.6. The molecule has 5 nitrogen and oxygen atoms in total. The first-order valence-electron chi connectivity index (χ1n) is 7.37. The topological polar surface area (TPSA) is 60.7 Å². The molecule has 1 heterocycles. The summed E-state index contributed by atoms with van der Waals surface area (Å²) in [7, 11) is 0. The fourth-order valence-corrected chi connectivity index (χ4v) is 3.27. The van der Waals surface area contributed by atoms with Gasteiger partial charge in [0, 0.05) is 10.6 Å². The number of aromatic nitrogens is 4. The van der Waals surface area contributed by atoms with Crippen LogP contribution in [0.5, 0.6) is 0 Å². The molecule has 2 aromatic carbocycles. The van der Waals surface area contributed by atoms with E-state index in [1.165, 1.54) is 11.8 Å². The maximum Gasteiger partial charge on any atom is 0.214 e. The Bertz CT molecular complexity index is 863. The largest absolute Gasteiger partial charge is 0.293 e. The molecule has 24 heavy (non-hydrogen) atoms. The molecular formula is C17H15ClN4OS. The number of benzene rings is 2. The molecule has 0 radical (unpaired) electrons. The van der Waals surface area contributed by atoms with E-state index < -0.39 is 0 Å². The van der Waals surface area contributed by atoms with Crippen molar-refractivity contribution in [3.05, 3.63) is 64.7 Å². The lowest BCUT2D eigenvalue weighted by Gasteiger charge is -2.11. The highest BCUT2D eigenvalue weighted by Crippen LogP contribution is 2.26. The SMILES string of the molecule is Cc1ccccc1-n1nnnc1S[C@H](C)C(=O)c1ccc(Cl)cc1. The van der Waals surface area contributed by atoms with Crippen molar-refractivity contribution in [2.45, 2.75) is 24.3 Å². The fraction of sp³-hybridized carbons (Fsp3) is 0.176. The Morgan fingerprint density at radius 2 is 1.88 bits per heavy atom. The van der Waals surface area contributed by atoms with E-state index in [1.54, 1.807) is 28.9 Å². The Kier molecular flexibility index (Phi) is 4.97. The molecule has 0 N–H and O–H groups in total. The lowest BCUT2D eigenvalue weighted by molar-refractivity contribution is 0.0994. The third-order valence-corrected chi connectivity index (χ3v) is 4.85. The number of nitrogens with zero attached hydrogens (tertiary/aromatic N) is 4. The van der Waals surface area contributed by atoms with Crippen LogP contribution < -0.4 is 0 Å². The van der Waals surface area contributed by atoms with Crippen molar-refractivity contribution >= 4 is 29.1 Å². The van der Waals surface area contributed by atoms with E-state index in [2.05, 4.69) is 15.5 Å². The second kappa shape index (κ2) is 7.15. The number of rotatable bonds is 5. The lowest BCUT2D eigenvalue weighted by atomic mass is 10.1. The maximum absolute atomic E-state index is 12.6. The third-order valence-electron chi connectivity index (χ3n) is 3.56. The number of aryl methyl sites for hydroxylation is 1. The zero-order valence-corrected chi connectivity index (χ0v) is 14.8. The van der Waals surface area contributed by atoms with Crippen LogP contribution in [0.4, 0.5) is 0 Å². The van der Waals surface area contributed by atoms with Gasteiger partial charge in [-0.1, -0.05) is 41.6 Å². The summed E-state index contributed by atoms with van der Waals surface area (Å²) in [6, 6.07) is 14.7. The highest BCUT2D eigenvalue weighted by Gasteiger charge is 2.20. The number of halogens is 1. The molecule has 1 aromatic heterocycles. The van der Waals surface area contributed by atoms with Gasteiger partial charge < -0.3 is 0 Å². The van der Waals surface area contributed by atoms with Gasteiger partial charge in [0.05, 0.1) is 10.9 Å². The summed E-state index contributed by atoms with van der Waals surface area (Å²) < 4.78 is 1.66. The predicted octanol–water partition coefficient (Wildman–Crippen LogP) is 3.99. The van der Waals surface area contributed by atoms with E-state index in [9.17, 15) is 4.79 Å². The molecule has 0 unspecified atom stereocenters. The number of Topliss-reactive ketones (excluding diaryl/α,β-unsaturated/α-hetero) is 1. The molecule has 0 amide bonds. The highest BCUT2D eigenvalue weighted by atomic mass is 35.5. The number of tetrazole rings is 1. The summed E-state index contributed by atoms with van der Waals surface area (Å²) in [6.07, 6.45) is 0. The normalized spacial score (nSPS) is 12.1. The molecule has 0 aliphatic carbocycles. The van der Waals surface area contributed by atoms with Crippen molar-refractivity contribution in [3.8, 4) is 5.69 Å². The highest BCUT2D eigenvalue weighted by molar-refractivity contribution is 8.00. The minimum absolute atomic E-state index is 0.0102. The minimum atomic E-state index is -0.319. The second-order valence-corrected chi connectivity index (χ2v) is 7.04. The van der Waals surface area contributed by atoms with Gasteiger partial charge in [-0.2, -0.15) is 4.68 Å². The Morgan fingerprint density at radius 3 is 2.58 bits per heavy atom. The molecule has 0 aliphatic rings. The average Bonchev–Trinajstić information content (AvgIpc) is 3.03. The molecule has 3 rings (SSSR count). The number of para-hydroxylation sites is 1. The number of thioether (sulfide) groups is 1. The first kappa shape index (κ1) is 16.7. The molecule has 0 bridgehead atoms. The summed E-state index contributed by atoms with van der Waals surface area (Å²) in [5.41, 5.74) is 2.58. The van der Waals surface area contributed by atoms with Gasteiger partial charge in [-0.05, 0) is 60.2 Å². The van der Waals surface area contributed by atoms with Gasteiger partial charge in [0.2, 0.25) is 5.16 Å². The van der Waals surface area contributed by atoms with Gasteiger partial charge in [0.1, 0.15) is 0 Å². The van der Waals surface area contributed by atoms with Gasteiger partial charge in [0.15, 0.2) is 5.78 Å². The third kappa shape index (κ3) is 3.49. The van der Waals surface area contributed by atoms with Crippen LogP contribution in [0, 0.1) is 6.92 Å². The molecule has 0 saturated heterocycles. The van der Waals surface area contributed by atoms with Crippen molar-refractivity contribution in [1.82, 2.24) is 20.2 Å². The van der Waals surface area contributed by atoms with E-state index in [4.69, 9.17) is 11.6 Å². The van der Waals surface area contributed by atoms with E-state index >= 15 is 0 Å². The van der Waals surface area contributed by atoms with Crippen LogP contribution >= 0.6 is 23.4 Å². The van der Waals surface area contributed by atoms with E-state index in [0.717, 1.165) is 11.3 Å². The van der Waals surface area contributed by atoms with Crippen molar-refractivity contribution in [1.29, 1.82) is 0 Å². The van der Waals surface area contributed by atoms with Crippen molar-refractivity contribution in [2.24, 2.45) is 0 Å². The molecular weight excluding hydrogens is 344 g/mol. The molecule has 0 saturated carbocycles. The number of hydrogen-bond donors (Lipinski definition) is 0. The molecule has 7 heteroatoms. The minimum Gasteiger partial charge on any atom is -0.293 e. The number of carbonyl (C=O) groups is 1. The van der Waals surface area contributed by atoms with Gasteiger partial charge >= 0.3 is 0 Å². The Labute approximate surface area is 149 Å². The van der Waals surface area contributed by atoms with Crippen LogP contribution in [-0.2, 0) is 0 Å². The number of carbonyl (C=O) groups excluding carboxylic acids is 1. The summed E-state index contributed by atoms with van der Waals surface area (Å²) in [5.74, 6) is 0.0102. The summed E-state index contributed by atoms with van der Waals surface area (Å²) in [6.45, 7) is 3.84. The summed E-state index contributed by atoms with van der Waals surface area (Å²) in [5, 5.41) is 12.7. The van der Waals surface area contributed by atoms with Crippen LogP contribution in [0.2, 0.25) is 5.02 Å². The molecule has 0 spiro atoms. The second-order valence-electron chi connectivity index (χ2n) is 5.29. The van der Waals surface area contributed by atoms with Crippen molar-refractivity contribution in [3.63, 3.8) is 0 Å². The molecule has 1 atom stereocenters. The van der Waals surface area contributed by atoms with Crippen LogP contribution in [0.3, 0.4) is 0 Å². The van der Waals surface area contributed by atoms with Crippen molar-refractivity contribution < 1.29 is 4.79 Å². The van der Waals surface area contributed by atoms with E-state index in [-0.39, 0.29) is 11.0 Å². The van der Waals surface area contributed by atoms with E-state index in [0.29, 0.717) is 15.7 Å². The smallest absolute Gasteiger partial charge is 0.214 e. The van der Waals surface area contributed by atoms with Gasteiger partial charge in [-0.15, -0.1) is 5.10 Å². The van der Waals surface area contributed by atoms with Crippen molar-refractivity contribution in [2.75, 3.05) is 0 Å². The first-order valence-corrected chi connectivity index (χ1v) is 8.63. The van der Waals surface area contributed by atoms with Gasteiger partial charge in [0.25, 0.3) is 0 Å². The number of hydrogen-bond acceptors (Lipinski definition) is 5. The molecule has 0 aliphatic heterocycles. The first-order chi connectivity index (χ1) is 11.6. The summed E-state index contributed by atoms with van der Waals surface area (Å²) >= 11 is 7.20. The average molecular weight is 359 g/mol. The van der Waals surface area contributed by atoms with Crippen LogP contribution in [0.25, 0.3) is 5.69 Å². The zero-order valence-electron chi connectivity index (χ0n) is 13.2. The monoisotopic (exact) mass is 358 g/mol.